The second-order valence-corrected chi connectivity index (χ2v) is 4.25. The third-order valence-corrected chi connectivity index (χ3v) is 3.05. The molecule has 1 aromatic heterocycles. The molecule has 0 aliphatic heterocycles. The van der Waals surface area contributed by atoms with Crippen molar-refractivity contribution in [3.05, 3.63) is 53.4 Å². The van der Waals surface area contributed by atoms with E-state index >= 15 is 0 Å². The summed E-state index contributed by atoms with van der Waals surface area (Å²) in [6.07, 6.45) is 3.58. The van der Waals surface area contributed by atoms with E-state index in [1.165, 1.54) is 18.2 Å². The van der Waals surface area contributed by atoms with Crippen LogP contribution in [-0.4, -0.2) is 9.78 Å². The summed E-state index contributed by atoms with van der Waals surface area (Å²) >= 11 is 0. The largest absolute Gasteiger partial charge is 0.273 e. The Hall–Kier alpha value is -1.79. The van der Waals surface area contributed by atoms with E-state index in [1.807, 2.05) is 13.1 Å². The third-order valence-electron chi connectivity index (χ3n) is 3.05. The summed E-state index contributed by atoms with van der Waals surface area (Å²) in [5.41, 5.74) is 3.39. The van der Waals surface area contributed by atoms with E-state index in [9.17, 15) is 8.78 Å². The summed E-state index contributed by atoms with van der Waals surface area (Å²) < 4.78 is 28.9. The first-order chi connectivity index (χ1) is 9.15. The second-order valence-electron chi connectivity index (χ2n) is 4.25. The molecule has 4 nitrogen and oxygen atoms in total. The Balaban J connectivity index is 2.24. The Kier molecular flexibility index (Phi) is 4.24. The maximum Gasteiger partial charge on any atom is 0.129 e. The summed E-state index contributed by atoms with van der Waals surface area (Å²) in [6.45, 7) is 2.68. The van der Waals surface area contributed by atoms with Crippen molar-refractivity contribution in [1.29, 1.82) is 0 Å². The van der Waals surface area contributed by atoms with Gasteiger partial charge in [0.15, 0.2) is 0 Å². The van der Waals surface area contributed by atoms with Crippen molar-refractivity contribution < 1.29 is 8.78 Å². The molecule has 102 valence electrons. The van der Waals surface area contributed by atoms with Crippen molar-refractivity contribution in [2.75, 3.05) is 0 Å². The lowest BCUT2D eigenvalue weighted by Gasteiger charge is -2.15. The van der Waals surface area contributed by atoms with E-state index < -0.39 is 11.6 Å². The number of aromatic nitrogens is 2. The number of hydrazine groups is 1. The van der Waals surface area contributed by atoms with Crippen molar-refractivity contribution in [2.24, 2.45) is 5.84 Å². The molecule has 0 amide bonds. The van der Waals surface area contributed by atoms with Crippen molar-refractivity contribution in [1.82, 2.24) is 15.2 Å². The van der Waals surface area contributed by atoms with Gasteiger partial charge in [-0.25, -0.2) is 8.78 Å². The topological polar surface area (TPSA) is 55.9 Å². The zero-order valence-corrected chi connectivity index (χ0v) is 10.6. The fraction of sp³-hybridized carbons (Fsp3) is 0.308. The summed E-state index contributed by atoms with van der Waals surface area (Å²) in [5, 5.41) is 4.12. The number of nitrogens with one attached hydrogen (secondary N) is 1. The van der Waals surface area contributed by atoms with Gasteiger partial charge in [0, 0.05) is 23.9 Å². The number of nitrogens with two attached hydrogens (primary N) is 1. The Labute approximate surface area is 110 Å². The van der Waals surface area contributed by atoms with Gasteiger partial charge in [0.25, 0.3) is 0 Å². The summed E-state index contributed by atoms with van der Waals surface area (Å²) in [7, 11) is 0. The van der Waals surface area contributed by atoms with Gasteiger partial charge in [-0.05, 0) is 25.5 Å². The molecule has 2 aromatic rings. The normalized spacial score (nSPS) is 12.6. The molecular weight excluding hydrogens is 250 g/mol. The molecule has 0 radical (unpaired) electrons. The Morgan fingerprint density at radius 3 is 2.58 bits per heavy atom. The van der Waals surface area contributed by atoms with Crippen LogP contribution in [0.1, 0.15) is 24.1 Å². The quantitative estimate of drug-likeness (QED) is 0.642. The first kappa shape index (κ1) is 13.6. The fourth-order valence-corrected chi connectivity index (χ4v) is 1.94. The zero-order valence-electron chi connectivity index (χ0n) is 10.6. The Morgan fingerprint density at radius 2 is 2.05 bits per heavy atom. The number of hydrogen-bond acceptors (Lipinski definition) is 3. The summed E-state index contributed by atoms with van der Waals surface area (Å²) in [5.74, 6) is 4.34. The number of halogens is 2. The van der Waals surface area contributed by atoms with Crippen LogP contribution >= 0.6 is 0 Å². The molecule has 0 spiro atoms. The maximum atomic E-state index is 13.6. The standard InChI is InChI=1S/C13H16F2N4/c1-2-19-8-9(7-17-19)13(18-16)6-10-11(14)4-3-5-12(10)15/h3-5,7-8,13,18H,2,6,16H2,1H3. The molecule has 0 aliphatic carbocycles. The van der Waals surface area contributed by atoms with Crippen LogP contribution in [0.15, 0.2) is 30.6 Å². The summed E-state index contributed by atoms with van der Waals surface area (Å²) in [4.78, 5) is 0. The lowest BCUT2D eigenvalue weighted by atomic mass is 10.0. The van der Waals surface area contributed by atoms with Gasteiger partial charge < -0.3 is 0 Å². The van der Waals surface area contributed by atoms with Crippen LogP contribution < -0.4 is 11.3 Å². The number of rotatable bonds is 5. The van der Waals surface area contributed by atoms with Gasteiger partial charge in [0.1, 0.15) is 11.6 Å². The molecule has 6 heteroatoms. The molecule has 3 N–H and O–H groups in total. The third kappa shape index (κ3) is 2.97. The number of hydrogen-bond donors (Lipinski definition) is 2. The highest BCUT2D eigenvalue weighted by atomic mass is 19.1. The van der Waals surface area contributed by atoms with Gasteiger partial charge in [-0.1, -0.05) is 6.07 Å². The number of benzene rings is 1. The van der Waals surface area contributed by atoms with E-state index in [-0.39, 0.29) is 18.0 Å². The number of aryl methyl sites for hydroxylation is 1. The predicted molar refractivity (Wildman–Crippen MR) is 68.0 cm³/mol. The average Bonchev–Trinajstić information content (AvgIpc) is 2.87. The molecule has 0 saturated carbocycles. The SMILES string of the molecule is CCn1cc(C(Cc2c(F)cccc2F)NN)cn1. The van der Waals surface area contributed by atoms with E-state index in [0.717, 1.165) is 12.1 Å². The first-order valence-corrected chi connectivity index (χ1v) is 6.07. The van der Waals surface area contributed by atoms with Crippen LogP contribution in [0.2, 0.25) is 0 Å². The molecule has 1 aromatic carbocycles. The highest BCUT2D eigenvalue weighted by molar-refractivity contribution is 5.23. The lowest BCUT2D eigenvalue weighted by molar-refractivity contribution is 0.499. The van der Waals surface area contributed by atoms with Crippen molar-refractivity contribution >= 4 is 0 Å². The Morgan fingerprint density at radius 1 is 1.37 bits per heavy atom. The van der Waals surface area contributed by atoms with Gasteiger partial charge in [-0.2, -0.15) is 5.10 Å². The molecule has 0 bridgehead atoms. The molecule has 1 heterocycles. The van der Waals surface area contributed by atoms with Gasteiger partial charge in [-0.15, -0.1) is 0 Å². The van der Waals surface area contributed by atoms with Crippen LogP contribution in [0.5, 0.6) is 0 Å². The predicted octanol–water partition coefficient (Wildman–Crippen LogP) is 1.93. The molecule has 2 rings (SSSR count). The Bertz CT molecular complexity index is 533. The fourth-order valence-electron chi connectivity index (χ4n) is 1.94. The highest BCUT2D eigenvalue weighted by Crippen LogP contribution is 2.21. The molecule has 0 fully saturated rings. The van der Waals surface area contributed by atoms with E-state index in [1.54, 1.807) is 10.9 Å². The van der Waals surface area contributed by atoms with Crippen molar-refractivity contribution in [3.63, 3.8) is 0 Å². The number of nitrogens with zero attached hydrogens (tertiary/aromatic N) is 2. The van der Waals surface area contributed by atoms with Gasteiger partial charge in [-0.3, -0.25) is 16.0 Å². The van der Waals surface area contributed by atoms with Crippen molar-refractivity contribution in [3.8, 4) is 0 Å². The first-order valence-electron chi connectivity index (χ1n) is 6.07. The zero-order chi connectivity index (χ0) is 13.8. The van der Waals surface area contributed by atoms with E-state index in [4.69, 9.17) is 5.84 Å². The van der Waals surface area contributed by atoms with Crippen LogP contribution in [0.4, 0.5) is 8.78 Å². The van der Waals surface area contributed by atoms with Gasteiger partial charge >= 0.3 is 0 Å². The minimum atomic E-state index is -0.567. The molecule has 0 aliphatic rings. The van der Waals surface area contributed by atoms with Crippen molar-refractivity contribution in [2.45, 2.75) is 25.9 Å². The highest BCUT2D eigenvalue weighted by Gasteiger charge is 2.17. The lowest BCUT2D eigenvalue weighted by Crippen LogP contribution is -2.29. The molecule has 0 saturated heterocycles. The monoisotopic (exact) mass is 266 g/mol. The van der Waals surface area contributed by atoms with E-state index in [2.05, 4.69) is 10.5 Å². The van der Waals surface area contributed by atoms with Crippen LogP contribution in [0, 0.1) is 11.6 Å². The minimum absolute atomic E-state index is 0.0229. The van der Waals surface area contributed by atoms with Crippen LogP contribution in [0.25, 0.3) is 0 Å². The van der Waals surface area contributed by atoms with Crippen LogP contribution in [0.3, 0.4) is 0 Å². The maximum absolute atomic E-state index is 13.6. The minimum Gasteiger partial charge on any atom is -0.273 e. The average molecular weight is 266 g/mol. The van der Waals surface area contributed by atoms with Crippen LogP contribution in [-0.2, 0) is 13.0 Å². The van der Waals surface area contributed by atoms with E-state index in [0.29, 0.717) is 0 Å². The molecule has 19 heavy (non-hydrogen) atoms. The molecule has 1 unspecified atom stereocenters. The van der Waals surface area contributed by atoms with Gasteiger partial charge in [0.05, 0.1) is 12.2 Å². The molecule has 1 atom stereocenters. The smallest absolute Gasteiger partial charge is 0.129 e. The van der Waals surface area contributed by atoms with Gasteiger partial charge in [0.2, 0.25) is 0 Å². The summed E-state index contributed by atoms with van der Waals surface area (Å²) in [6, 6.07) is 3.43. The second kappa shape index (κ2) is 5.90. The molecular formula is C13H16F2N4.